The van der Waals surface area contributed by atoms with E-state index in [9.17, 15) is 5.11 Å². The maximum atomic E-state index is 9.51. The molecular formula is C7H17N3O. The van der Waals surface area contributed by atoms with E-state index in [0.29, 0.717) is 5.70 Å². The smallest absolute Gasteiger partial charge is 0.0999 e. The van der Waals surface area contributed by atoms with Crippen molar-refractivity contribution in [3.8, 4) is 0 Å². The first-order chi connectivity index (χ1) is 4.88. The van der Waals surface area contributed by atoms with Crippen molar-refractivity contribution in [2.45, 2.75) is 19.4 Å². The highest BCUT2D eigenvalue weighted by atomic mass is 16.3. The lowest BCUT2D eigenvalue weighted by Crippen LogP contribution is -2.33. The Morgan fingerprint density at radius 2 is 2.09 bits per heavy atom. The van der Waals surface area contributed by atoms with E-state index in [0.717, 1.165) is 0 Å². The quantitative estimate of drug-likeness (QED) is 0.388. The Labute approximate surface area is 67.7 Å². The summed E-state index contributed by atoms with van der Waals surface area (Å²) < 4.78 is 0. The Balaban J connectivity index is 4.41. The zero-order chi connectivity index (χ0) is 9.07. The molecule has 0 rings (SSSR count). The van der Waals surface area contributed by atoms with Gasteiger partial charge < -0.3 is 15.4 Å². The van der Waals surface area contributed by atoms with Crippen LogP contribution in [0.15, 0.2) is 11.9 Å². The van der Waals surface area contributed by atoms with Crippen molar-refractivity contribution in [2.75, 3.05) is 14.1 Å². The van der Waals surface area contributed by atoms with E-state index in [4.69, 9.17) is 5.84 Å². The standard InChI is InChI=1S/C7H17N3O/c1-7(2,11)6(9-3)5-10(4)8/h5,9,11H,8H2,1-4H3/b6-5-. The molecule has 0 unspecified atom stereocenters. The number of likely N-dealkylation sites (N-methyl/N-ethyl adjacent to an activating group) is 1. The molecule has 0 aromatic heterocycles. The van der Waals surface area contributed by atoms with Crippen molar-refractivity contribution in [3.63, 3.8) is 0 Å². The molecule has 0 radical (unpaired) electrons. The molecule has 0 aromatic rings. The molecule has 0 spiro atoms. The van der Waals surface area contributed by atoms with Crippen molar-refractivity contribution in [1.82, 2.24) is 10.3 Å². The van der Waals surface area contributed by atoms with E-state index in [-0.39, 0.29) is 0 Å². The summed E-state index contributed by atoms with van der Waals surface area (Å²) in [4.78, 5) is 0. The van der Waals surface area contributed by atoms with Gasteiger partial charge in [0, 0.05) is 20.3 Å². The minimum atomic E-state index is -0.873. The average Bonchev–Trinajstić information content (AvgIpc) is 1.79. The lowest BCUT2D eigenvalue weighted by Gasteiger charge is -2.22. The van der Waals surface area contributed by atoms with Crippen LogP contribution >= 0.6 is 0 Å². The number of nitrogens with zero attached hydrogens (tertiary/aromatic N) is 1. The molecule has 4 N–H and O–H groups in total. The minimum Gasteiger partial charge on any atom is -0.388 e. The predicted octanol–water partition coefficient (Wildman–Crippen LogP) is -0.376. The highest BCUT2D eigenvalue weighted by Gasteiger charge is 2.17. The molecule has 0 atom stereocenters. The van der Waals surface area contributed by atoms with Crippen LogP contribution in [0.2, 0.25) is 0 Å². The molecule has 0 aromatic carbocycles. The fourth-order valence-corrected chi connectivity index (χ4v) is 0.732. The Bertz CT molecular complexity index is 146. The highest BCUT2D eigenvalue weighted by molar-refractivity contribution is 5.09. The summed E-state index contributed by atoms with van der Waals surface area (Å²) in [6, 6.07) is 0. The summed E-state index contributed by atoms with van der Waals surface area (Å²) in [6.07, 6.45) is 1.64. The van der Waals surface area contributed by atoms with E-state index in [1.54, 1.807) is 34.1 Å². The van der Waals surface area contributed by atoms with Crippen LogP contribution < -0.4 is 11.2 Å². The molecule has 0 aliphatic heterocycles. The molecule has 66 valence electrons. The minimum absolute atomic E-state index is 0.683. The van der Waals surface area contributed by atoms with Gasteiger partial charge in [0.05, 0.1) is 11.3 Å². The summed E-state index contributed by atoms with van der Waals surface area (Å²) in [6.45, 7) is 3.39. The van der Waals surface area contributed by atoms with Crippen LogP contribution in [0, 0.1) is 0 Å². The second-order valence-electron chi connectivity index (χ2n) is 3.02. The van der Waals surface area contributed by atoms with E-state index in [1.165, 1.54) is 5.01 Å². The zero-order valence-electron chi connectivity index (χ0n) is 7.55. The van der Waals surface area contributed by atoms with Crippen LogP contribution in [0.1, 0.15) is 13.8 Å². The second-order valence-corrected chi connectivity index (χ2v) is 3.02. The van der Waals surface area contributed by atoms with Gasteiger partial charge in [-0.2, -0.15) is 0 Å². The van der Waals surface area contributed by atoms with Gasteiger partial charge in [0.2, 0.25) is 0 Å². The van der Waals surface area contributed by atoms with E-state index >= 15 is 0 Å². The molecule has 11 heavy (non-hydrogen) atoms. The van der Waals surface area contributed by atoms with E-state index in [1.807, 2.05) is 0 Å². The first-order valence-electron chi connectivity index (χ1n) is 3.48. The Hall–Kier alpha value is -0.740. The van der Waals surface area contributed by atoms with E-state index < -0.39 is 5.60 Å². The molecule has 0 saturated carbocycles. The molecule has 0 aliphatic carbocycles. The Kier molecular flexibility index (Phi) is 3.35. The van der Waals surface area contributed by atoms with Crippen LogP contribution in [0.3, 0.4) is 0 Å². The molecule has 0 bridgehead atoms. The van der Waals surface area contributed by atoms with Crippen molar-refractivity contribution in [1.29, 1.82) is 0 Å². The molecule has 4 heteroatoms. The van der Waals surface area contributed by atoms with Crippen LogP contribution in [0.25, 0.3) is 0 Å². The molecule has 0 aliphatic rings. The number of hydrazine groups is 1. The molecule has 0 fully saturated rings. The molecule has 0 amide bonds. The van der Waals surface area contributed by atoms with Gasteiger partial charge in [-0.15, -0.1) is 0 Å². The predicted molar refractivity (Wildman–Crippen MR) is 45.4 cm³/mol. The van der Waals surface area contributed by atoms with Gasteiger partial charge >= 0.3 is 0 Å². The average molecular weight is 159 g/mol. The lowest BCUT2D eigenvalue weighted by molar-refractivity contribution is 0.111. The summed E-state index contributed by atoms with van der Waals surface area (Å²) in [7, 11) is 3.44. The number of hydrogen-bond acceptors (Lipinski definition) is 4. The summed E-state index contributed by atoms with van der Waals surface area (Å²) in [5.41, 5.74) is -0.190. The SMILES string of the molecule is CN/C(=C\N(C)N)C(C)(C)O. The van der Waals surface area contributed by atoms with Crippen molar-refractivity contribution in [3.05, 3.63) is 11.9 Å². The van der Waals surface area contributed by atoms with Gasteiger partial charge in [-0.1, -0.05) is 0 Å². The molecule has 0 heterocycles. The summed E-state index contributed by atoms with van der Waals surface area (Å²) in [5.74, 6) is 5.37. The number of rotatable bonds is 3. The normalized spacial score (nSPS) is 13.1. The first kappa shape index (κ1) is 10.3. The maximum absolute atomic E-state index is 9.51. The van der Waals surface area contributed by atoms with Gasteiger partial charge in [-0.25, -0.2) is 5.84 Å². The molecule has 0 saturated heterocycles. The second kappa shape index (κ2) is 3.59. The highest BCUT2D eigenvalue weighted by Crippen LogP contribution is 2.11. The Morgan fingerprint density at radius 1 is 1.64 bits per heavy atom. The van der Waals surface area contributed by atoms with Crippen molar-refractivity contribution >= 4 is 0 Å². The van der Waals surface area contributed by atoms with Gasteiger partial charge in [0.15, 0.2) is 0 Å². The summed E-state index contributed by atoms with van der Waals surface area (Å²) >= 11 is 0. The van der Waals surface area contributed by atoms with Gasteiger partial charge in [0.25, 0.3) is 0 Å². The number of nitrogens with one attached hydrogen (secondary N) is 1. The van der Waals surface area contributed by atoms with Gasteiger partial charge in [-0.3, -0.25) is 0 Å². The van der Waals surface area contributed by atoms with Crippen molar-refractivity contribution < 1.29 is 5.11 Å². The third-order valence-electron chi connectivity index (χ3n) is 1.26. The lowest BCUT2D eigenvalue weighted by atomic mass is 10.1. The third kappa shape index (κ3) is 3.85. The first-order valence-corrected chi connectivity index (χ1v) is 3.48. The number of aliphatic hydroxyl groups is 1. The van der Waals surface area contributed by atoms with Gasteiger partial charge in [-0.05, 0) is 13.8 Å². The maximum Gasteiger partial charge on any atom is 0.0999 e. The summed E-state index contributed by atoms with van der Waals surface area (Å²) in [5, 5.41) is 13.8. The topological polar surface area (TPSA) is 61.5 Å². The third-order valence-corrected chi connectivity index (χ3v) is 1.26. The molecular weight excluding hydrogens is 142 g/mol. The van der Waals surface area contributed by atoms with E-state index in [2.05, 4.69) is 5.32 Å². The zero-order valence-corrected chi connectivity index (χ0v) is 7.55. The number of nitrogens with two attached hydrogens (primary N) is 1. The largest absolute Gasteiger partial charge is 0.388 e. The van der Waals surface area contributed by atoms with Crippen LogP contribution in [0.5, 0.6) is 0 Å². The number of hydrogen-bond donors (Lipinski definition) is 3. The van der Waals surface area contributed by atoms with Crippen LogP contribution in [-0.2, 0) is 0 Å². The van der Waals surface area contributed by atoms with Crippen molar-refractivity contribution in [2.24, 2.45) is 5.84 Å². The van der Waals surface area contributed by atoms with Crippen LogP contribution in [0.4, 0.5) is 0 Å². The monoisotopic (exact) mass is 159 g/mol. The van der Waals surface area contributed by atoms with Crippen LogP contribution in [-0.4, -0.2) is 29.8 Å². The van der Waals surface area contributed by atoms with Gasteiger partial charge in [0.1, 0.15) is 0 Å². The molecule has 4 nitrogen and oxygen atoms in total. The fourth-order valence-electron chi connectivity index (χ4n) is 0.732. The Morgan fingerprint density at radius 3 is 2.18 bits per heavy atom. The fraction of sp³-hybridized carbons (Fsp3) is 0.714.